The molecule has 2 aromatic carbocycles. The molecule has 0 radical (unpaired) electrons. The van der Waals surface area contributed by atoms with Gasteiger partial charge in [-0.2, -0.15) is 0 Å². The zero-order valence-corrected chi connectivity index (χ0v) is 12.3. The Bertz CT molecular complexity index is 684. The van der Waals surface area contributed by atoms with E-state index in [0.29, 0.717) is 28.4 Å². The second kappa shape index (κ2) is 7.12. The predicted molar refractivity (Wildman–Crippen MR) is 84.6 cm³/mol. The van der Waals surface area contributed by atoms with Crippen LogP contribution in [0.2, 0.25) is 0 Å². The first-order valence-electron chi connectivity index (χ1n) is 6.54. The number of nitrogens with one attached hydrogen (secondary N) is 1. The van der Waals surface area contributed by atoms with Gasteiger partial charge in [-0.25, -0.2) is 0 Å². The van der Waals surface area contributed by atoms with Gasteiger partial charge in [-0.1, -0.05) is 30.3 Å². The molecule has 0 atom stereocenters. The van der Waals surface area contributed by atoms with E-state index in [0.717, 1.165) is 6.20 Å². The number of hydrogen-bond acceptors (Lipinski definition) is 5. The van der Waals surface area contributed by atoms with Crippen molar-refractivity contribution in [2.75, 3.05) is 19.5 Å². The van der Waals surface area contributed by atoms with E-state index >= 15 is 0 Å². The van der Waals surface area contributed by atoms with Crippen LogP contribution in [0.5, 0.6) is 11.5 Å². The summed E-state index contributed by atoms with van der Waals surface area (Å²) in [4.78, 5) is 10.4. The lowest BCUT2D eigenvalue weighted by atomic mass is 10.1. The summed E-state index contributed by atoms with van der Waals surface area (Å²) >= 11 is 0. The summed E-state index contributed by atoms with van der Waals surface area (Å²) in [7, 11) is 3.09. The van der Waals surface area contributed by atoms with E-state index in [4.69, 9.17) is 9.47 Å². The number of anilines is 1. The third-order valence-corrected chi connectivity index (χ3v) is 3.00. The van der Waals surface area contributed by atoms with E-state index in [1.54, 1.807) is 37.4 Å². The van der Waals surface area contributed by atoms with Gasteiger partial charge in [-0.05, 0) is 12.1 Å². The number of hydrogen-bond donors (Lipinski definition) is 1. The molecular weight excluding hydrogens is 284 g/mol. The molecule has 2 rings (SSSR count). The average Bonchev–Trinajstić information content (AvgIpc) is 2.55. The van der Waals surface area contributed by atoms with E-state index in [1.807, 2.05) is 18.2 Å². The summed E-state index contributed by atoms with van der Waals surface area (Å²) in [5, 5.41) is 13.9. The summed E-state index contributed by atoms with van der Waals surface area (Å²) in [6.45, 7) is 0. The van der Waals surface area contributed by atoms with Crippen molar-refractivity contribution in [2.24, 2.45) is 0 Å². The fraction of sp³-hybridized carbons (Fsp3) is 0.125. The molecule has 0 fully saturated rings. The molecular formula is C16H16N2O4. The lowest BCUT2D eigenvalue weighted by Gasteiger charge is -2.13. The van der Waals surface area contributed by atoms with Gasteiger partial charge in [0.1, 0.15) is 17.2 Å². The van der Waals surface area contributed by atoms with Crippen molar-refractivity contribution >= 4 is 11.4 Å². The molecule has 0 spiro atoms. The van der Waals surface area contributed by atoms with Crippen LogP contribution in [0.15, 0.2) is 54.7 Å². The maximum absolute atomic E-state index is 10.9. The average molecular weight is 300 g/mol. The van der Waals surface area contributed by atoms with Crippen LogP contribution in [-0.4, -0.2) is 19.1 Å². The van der Waals surface area contributed by atoms with Crippen molar-refractivity contribution in [1.29, 1.82) is 0 Å². The zero-order valence-electron chi connectivity index (χ0n) is 12.3. The zero-order chi connectivity index (χ0) is 15.9. The normalized spacial score (nSPS) is 10.9. The van der Waals surface area contributed by atoms with E-state index in [9.17, 15) is 10.1 Å². The van der Waals surface area contributed by atoms with Gasteiger partial charge >= 0.3 is 0 Å². The summed E-state index contributed by atoms with van der Waals surface area (Å²) in [5.41, 5.74) is 1.69. The fourth-order valence-electron chi connectivity index (χ4n) is 1.95. The van der Waals surface area contributed by atoms with Gasteiger partial charge in [0.05, 0.1) is 24.8 Å². The number of methoxy groups -OCH3 is 2. The first-order valence-corrected chi connectivity index (χ1v) is 6.54. The van der Waals surface area contributed by atoms with Gasteiger partial charge < -0.3 is 14.8 Å². The molecule has 0 unspecified atom stereocenters. The van der Waals surface area contributed by atoms with Crippen molar-refractivity contribution < 1.29 is 14.4 Å². The van der Waals surface area contributed by atoms with E-state index < -0.39 is 4.92 Å². The molecule has 0 saturated heterocycles. The van der Waals surface area contributed by atoms with Gasteiger partial charge in [-0.15, -0.1) is 0 Å². The van der Waals surface area contributed by atoms with E-state index in [-0.39, 0.29) is 0 Å². The molecule has 0 bridgehead atoms. The summed E-state index contributed by atoms with van der Waals surface area (Å²) in [6.07, 6.45) is 0.930. The van der Waals surface area contributed by atoms with Gasteiger partial charge in [-0.3, -0.25) is 10.1 Å². The third-order valence-electron chi connectivity index (χ3n) is 3.00. The molecule has 0 aromatic heterocycles. The van der Waals surface area contributed by atoms with Crippen molar-refractivity contribution in [1.82, 2.24) is 0 Å². The molecule has 0 amide bonds. The van der Waals surface area contributed by atoms with Crippen molar-refractivity contribution in [3.63, 3.8) is 0 Å². The minimum atomic E-state index is -0.495. The third kappa shape index (κ3) is 3.76. The van der Waals surface area contributed by atoms with Crippen LogP contribution in [0.1, 0.15) is 5.56 Å². The minimum Gasteiger partial charge on any atom is -0.497 e. The molecule has 0 aliphatic rings. The summed E-state index contributed by atoms with van der Waals surface area (Å²) in [5.74, 6) is 1.17. The first-order chi connectivity index (χ1) is 10.6. The van der Waals surface area contributed by atoms with Crippen LogP contribution < -0.4 is 14.8 Å². The Labute approximate surface area is 128 Å². The number of rotatable bonds is 6. The smallest absolute Gasteiger partial charge is 0.258 e. The van der Waals surface area contributed by atoms with Crippen molar-refractivity contribution in [3.8, 4) is 11.5 Å². The molecule has 6 nitrogen and oxygen atoms in total. The Morgan fingerprint density at radius 2 is 1.86 bits per heavy atom. The van der Waals surface area contributed by atoms with Crippen LogP contribution in [0.25, 0.3) is 5.70 Å². The van der Waals surface area contributed by atoms with Gasteiger partial charge in [0.25, 0.3) is 6.20 Å². The number of nitro groups is 1. The van der Waals surface area contributed by atoms with Crippen LogP contribution in [0.4, 0.5) is 5.69 Å². The van der Waals surface area contributed by atoms with Gasteiger partial charge in [0, 0.05) is 11.6 Å². The standard InChI is InChI=1S/C16H16N2O4/c1-21-13-8-9-14(16(10-13)22-2)17-15(11-18(19)20)12-6-4-3-5-7-12/h3-11,17H,1-2H3/b15-11+. The van der Waals surface area contributed by atoms with Crippen LogP contribution in [0, 0.1) is 10.1 Å². The quantitative estimate of drug-likeness (QED) is 0.654. The van der Waals surface area contributed by atoms with Gasteiger partial charge in [0.2, 0.25) is 0 Å². The highest BCUT2D eigenvalue weighted by Crippen LogP contribution is 2.31. The largest absolute Gasteiger partial charge is 0.497 e. The maximum Gasteiger partial charge on any atom is 0.258 e. The lowest BCUT2D eigenvalue weighted by Crippen LogP contribution is -2.03. The molecule has 0 saturated carbocycles. The first kappa shape index (κ1) is 15.4. The molecule has 6 heteroatoms. The topological polar surface area (TPSA) is 73.6 Å². The van der Waals surface area contributed by atoms with Gasteiger partial charge in [0.15, 0.2) is 0 Å². The molecule has 0 heterocycles. The second-order valence-electron chi connectivity index (χ2n) is 4.39. The maximum atomic E-state index is 10.9. The highest BCUT2D eigenvalue weighted by molar-refractivity contribution is 5.79. The Morgan fingerprint density at radius 1 is 1.14 bits per heavy atom. The monoisotopic (exact) mass is 300 g/mol. The van der Waals surface area contributed by atoms with E-state index in [2.05, 4.69) is 5.32 Å². The predicted octanol–water partition coefficient (Wildman–Crippen LogP) is 3.39. The Morgan fingerprint density at radius 3 is 2.45 bits per heavy atom. The molecule has 114 valence electrons. The molecule has 0 aliphatic heterocycles. The Kier molecular flexibility index (Phi) is 4.98. The molecule has 0 aliphatic carbocycles. The Hall–Kier alpha value is -3.02. The number of nitrogens with zero attached hydrogens (tertiary/aromatic N) is 1. The van der Waals surface area contributed by atoms with Crippen molar-refractivity contribution in [2.45, 2.75) is 0 Å². The number of ether oxygens (including phenoxy) is 2. The SMILES string of the molecule is COc1ccc(N/C(=C/[N+](=O)[O-])c2ccccc2)c(OC)c1. The Balaban J connectivity index is 2.38. The van der Waals surface area contributed by atoms with Crippen LogP contribution >= 0.6 is 0 Å². The number of benzene rings is 2. The molecule has 22 heavy (non-hydrogen) atoms. The van der Waals surface area contributed by atoms with Crippen LogP contribution in [-0.2, 0) is 0 Å². The fourth-order valence-corrected chi connectivity index (χ4v) is 1.95. The summed E-state index contributed by atoms with van der Waals surface area (Å²) in [6, 6.07) is 14.3. The molecule has 1 N–H and O–H groups in total. The molecule has 2 aromatic rings. The second-order valence-corrected chi connectivity index (χ2v) is 4.39. The van der Waals surface area contributed by atoms with Crippen LogP contribution in [0.3, 0.4) is 0 Å². The summed E-state index contributed by atoms with van der Waals surface area (Å²) < 4.78 is 10.4. The minimum absolute atomic E-state index is 0.370. The highest BCUT2D eigenvalue weighted by Gasteiger charge is 2.11. The van der Waals surface area contributed by atoms with E-state index in [1.165, 1.54) is 7.11 Å². The lowest BCUT2D eigenvalue weighted by molar-refractivity contribution is -0.401. The highest BCUT2D eigenvalue weighted by atomic mass is 16.6. The van der Waals surface area contributed by atoms with Crippen molar-refractivity contribution in [3.05, 3.63) is 70.4 Å².